The van der Waals surface area contributed by atoms with E-state index >= 15 is 0 Å². The van der Waals surface area contributed by atoms with Gasteiger partial charge >= 0.3 is 5.97 Å². The van der Waals surface area contributed by atoms with Crippen LogP contribution in [0.25, 0.3) is 0 Å². The number of thiophene rings is 1. The first-order chi connectivity index (χ1) is 14.1. The van der Waals surface area contributed by atoms with E-state index in [4.69, 9.17) is 9.88 Å². The molecule has 2 heterocycles. The third-order valence-corrected chi connectivity index (χ3v) is 6.28. The molecule has 3 N–H and O–H groups in total. The van der Waals surface area contributed by atoms with Gasteiger partial charge in [-0.05, 0) is 55.6 Å². The number of benzene rings is 1. The molecule has 0 saturated carbocycles. The van der Waals surface area contributed by atoms with Crippen LogP contribution >= 0.6 is 11.3 Å². The zero-order valence-corrected chi connectivity index (χ0v) is 18.0. The van der Waals surface area contributed by atoms with Crippen molar-refractivity contribution in [1.82, 2.24) is 4.57 Å². The van der Waals surface area contributed by atoms with E-state index in [0.29, 0.717) is 17.8 Å². The number of rotatable bonds is 7. The van der Waals surface area contributed by atoms with Gasteiger partial charge in [-0.3, -0.25) is 4.79 Å². The standard InChI is InChI=1S/C20H21N3O5S2/c1-13-10-18(14(2)23(13)11-16-4-3-9-29-16)20(25)28-12-19(24)22-15-5-7-17(8-6-15)30(21,26)27/h3-10H,11-12H2,1-2H3,(H,22,24)(H2,21,26,27). The summed E-state index contributed by atoms with van der Waals surface area (Å²) >= 11 is 1.64. The van der Waals surface area contributed by atoms with Gasteiger partial charge in [0.05, 0.1) is 17.0 Å². The third kappa shape index (κ3) is 5.15. The van der Waals surface area contributed by atoms with Gasteiger partial charge in [0.25, 0.3) is 5.91 Å². The minimum Gasteiger partial charge on any atom is -0.452 e. The molecule has 0 aliphatic rings. The van der Waals surface area contributed by atoms with Crippen molar-refractivity contribution in [2.24, 2.45) is 5.14 Å². The maximum atomic E-state index is 12.5. The quantitative estimate of drug-likeness (QED) is 0.540. The number of hydrogen-bond donors (Lipinski definition) is 2. The molecule has 158 valence electrons. The Morgan fingerprint density at radius 3 is 2.47 bits per heavy atom. The highest BCUT2D eigenvalue weighted by atomic mass is 32.2. The Labute approximate surface area is 178 Å². The number of sulfonamides is 1. The summed E-state index contributed by atoms with van der Waals surface area (Å²) in [5, 5.41) is 9.57. The van der Waals surface area contributed by atoms with Crippen LogP contribution in [-0.4, -0.2) is 31.5 Å². The van der Waals surface area contributed by atoms with E-state index in [9.17, 15) is 18.0 Å². The molecule has 0 fully saturated rings. The minimum atomic E-state index is -3.81. The summed E-state index contributed by atoms with van der Waals surface area (Å²) in [5.74, 6) is -1.13. The number of carbonyl (C=O) groups excluding carboxylic acids is 2. The summed E-state index contributed by atoms with van der Waals surface area (Å²) < 4.78 is 29.7. The monoisotopic (exact) mass is 447 g/mol. The van der Waals surface area contributed by atoms with Crippen molar-refractivity contribution in [3.05, 3.63) is 69.7 Å². The number of nitrogens with zero attached hydrogens (tertiary/aromatic N) is 1. The molecule has 8 nitrogen and oxygen atoms in total. The van der Waals surface area contributed by atoms with E-state index in [0.717, 1.165) is 11.4 Å². The van der Waals surface area contributed by atoms with Crippen LogP contribution in [0.4, 0.5) is 5.69 Å². The molecular weight excluding hydrogens is 426 g/mol. The van der Waals surface area contributed by atoms with E-state index in [1.165, 1.54) is 29.1 Å². The Morgan fingerprint density at radius 1 is 1.17 bits per heavy atom. The molecular formula is C20H21N3O5S2. The summed E-state index contributed by atoms with van der Waals surface area (Å²) in [6.07, 6.45) is 0. The molecule has 10 heteroatoms. The summed E-state index contributed by atoms with van der Waals surface area (Å²) in [4.78, 5) is 25.6. The molecule has 0 atom stereocenters. The molecule has 1 aromatic carbocycles. The predicted octanol–water partition coefficient (Wildman–Crippen LogP) is 2.66. The van der Waals surface area contributed by atoms with Crippen LogP contribution in [0, 0.1) is 13.8 Å². The van der Waals surface area contributed by atoms with Gasteiger partial charge < -0.3 is 14.6 Å². The van der Waals surface area contributed by atoms with Gasteiger partial charge in [0.1, 0.15) is 0 Å². The maximum absolute atomic E-state index is 12.5. The number of anilines is 1. The Balaban J connectivity index is 1.59. The lowest BCUT2D eigenvalue weighted by Crippen LogP contribution is -2.21. The van der Waals surface area contributed by atoms with Gasteiger partial charge in [-0.1, -0.05) is 6.07 Å². The average molecular weight is 448 g/mol. The molecule has 2 aromatic heterocycles. The van der Waals surface area contributed by atoms with Crippen molar-refractivity contribution in [3.8, 4) is 0 Å². The first-order valence-electron chi connectivity index (χ1n) is 8.94. The second-order valence-electron chi connectivity index (χ2n) is 6.64. The molecule has 0 aliphatic heterocycles. The van der Waals surface area contributed by atoms with Crippen LogP contribution in [0.5, 0.6) is 0 Å². The van der Waals surface area contributed by atoms with Crippen molar-refractivity contribution in [3.63, 3.8) is 0 Å². The number of primary sulfonamides is 1. The number of esters is 1. The summed E-state index contributed by atoms with van der Waals surface area (Å²) in [5.41, 5.74) is 2.46. The summed E-state index contributed by atoms with van der Waals surface area (Å²) in [6, 6.07) is 11.1. The van der Waals surface area contributed by atoms with Crippen LogP contribution in [0.3, 0.4) is 0 Å². The average Bonchev–Trinajstić information content (AvgIpc) is 3.29. The molecule has 0 unspecified atom stereocenters. The van der Waals surface area contributed by atoms with Gasteiger partial charge in [0, 0.05) is 22.0 Å². The van der Waals surface area contributed by atoms with Gasteiger partial charge in [-0.2, -0.15) is 0 Å². The van der Waals surface area contributed by atoms with E-state index in [2.05, 4.69) is 5.32 Å². The smallest absolute Gasteiger partial charge is 0.340 e. The minimum absolute atomic E-state index is 0.0650. The highest BCUT2D eigenvalue weighted by molar-refractivity contribution is 7.89. The lowest BCUT2D eigenvalue weighted by Gasteiger charge is -2.09. The molecule has 0 radical (unpaired) electrons. The summed E-state index contributed by atoms with van der Waals surface area (Å²) in [6.45, 7) is 3.95. The molecule has 0 bridgehead atoms. The molecule has 3 rings (SSSR count). The van der Waals surface area contributed by atoms with Crippen LogP contribution in [0.15, 0.2) is 52.7 Å². The lowest BCUT2D eigenvalue weighted by atomic mass is 10.2. The largest absolute Gasteiger partial charge is 0.452 e. The molecule has 1 amide bonds. The van der Waals surface area contributed by atoms with Crippen molar-refractivity contribution >= 4 is 38.9 Å². The number of ether oxygens (including phenoxy) is 1. The van der Waals surface area contributed by atoms with Gasteiger partial charge in [-0.25, -0.2) is 18.4 Å². The number of aromatic nitrogens is 1. The highest BCUT2D eigenvalue weighted by Crippen LogP contribution is 2.20. The molecule has 0 aliphatic carbocycles. The number of carbonyl (C=O) groups is 2. The number of hydrogen-bond acceptors (Lipinski definition) is 6. The van der Waals surface area contributed by atoms with Crippen molar-refractivity contribution in [2.45, 2.75) is 25.3 Å². The predicted molar refractivity (Wildman–Crippen MR) is 114 cm³/mol. The molecule has 0 spiro atoms. The third-order valence-electron chi connectivity index (χ3n) is 4.49. The Bertz CT molecular complexity index is 1160. The van der Waals surface area contributed by atoms with Crippen LogP contribution in [0.2, 0.25) is 0 Å². The van der Waals surface area contributed by atoms with Gasteiger partial charge in [0.15, 0.2) is 6.61 Å². The highest BCUT2D eigenvalue weighted by Gasteiger charge is 2.18. The number of nitrogens with one attached hydrogen (secondary N) is 1. The van der Waals surface area contributed by atoms with Crippen molar-refractivity contribution in [1.29, 1.82) is 0 Å². The molecule has 0 saturated heterocycles. The fraction of sp³-hybridized carbons (Fsp3) is 0.200. The second-order valence-corrected chi connectivity index (χ2v) is 9.24. The molecule has 30 heavy (non-hydrogen) atoms. The normalized spacial score (nSPS) is 11.3. The van der Waals surface area contributed by atoms with E-state index in [1.807, 2.05) is 35.9 Å². The zero-order valence-electron chi connectivity index (χ0n) is 16.4. The van der Waals surface area contributed by atoms with E-state index in [-0.39, 0.29) is 4.90 Å². The van der Waals surface area contributed by atoms with Gasteiger partial charge in [-0.15, -0.1) is 11.3 Å². The van der Waals surface area contributed by atoms with Crippen LogP contribution in [0.1, 0.15) is 26.6 Å². The molecule has 3 aromatic rings. The fourth-order valence-electron chi connectivity index (χ4n) is 2.94. The van der Waals surface area contributed by atoms with Crippen molar-refractivity contribution in [2.75, 3.05) is 11.9 Å². The van der Waals surface area contributed by atoms with Gasteiger partial charge in [0.2, 0.25) is 10.0 Å². The van der Waals surface area contributed by atoms with Crippen LogP contribution < -0.4 is 10.5 Å². The Morgan fingerprint density at radius 2 is 1.87 bits per heavy atom. The zero-order chi connectivity index (χ0) is 21.9. The number of amides is 1. The fourth-order valence-corrected chi connectivity index (χ4v) is 4.15. The number of nitrogens with two attached hydrogens (primary N) is 1. The van der Waals surface area contributed by atoms with Crippen molar-refractivity contribution < 1.29 is 22.7 Å². The maximum Gasteiger partial charge on any atom is 0.340 e. The van der Waals surface area contributed by atoms with E-state index < -0.39 is 28.5 Å². The Hall–Kier alpha value is -2.95. The first-order valence-corrected chi connectivity index (χ1v) is 11.4. The summed E-state index contributed by atoms with van der Waals surface area (Å²) in [7, 11) is -3.81. The topological polar surface area (TPSA) is 120 Å². The van der Waals surface area contributed by atoms with E-state index in [1.54, 1.807) is 17.4 Å². The first kappa shape index (κ1) is 21.8. The Kier molecular flexibility index (Phi) is 6.40. The van der Waals surface area contributed by atoms with Crippen LogP contribution in [-0.2, 0) is 26.1 Å². The number of aryl methyl sites for hydroxylation is 1. The second kappa shape index (κ2) is 8.82. The lowest BCUT2D eigenvalue weighted by molar-refractivity contribution is -0.119. The SMILES string of the molecule is Cc1cc(C(=O)OCC(=O)Nc2ccc(S(N)(=O)=O)cc2)c(C)n1Cc1cccs1.